The lowest BCUT2D eigenvalue weighted by atomic mass is 9.72. The summed E-state index contributed by atoms with van der Waals surface area (Å²) in [6.45, 7) is 3.61. The maximum Gasteiger partial charge on any atom is 0.255 e. The zero-order chi connectivity index (χ0) is 23.8. The molecule has 3 heterocycles. The van der Waals surface area contributed by atoms with Gasteiger partial charge in [-0.15, -0.1) is 0 Å². The third-order valence-electron chi connectivity index (χ3n) is 6.36. The molecule has 0 saturated carbocycles. The number of halogens is 1. The highest BCUT2D eigenvalue weighted by Gasteiger charge is 2.42. The third-order valence-corrected chi connectivity index (χ3v) is 6.36. The number of benzene rings is 1. The first-order valence-electron chi connectivity index (χ1n) is 11.2. The third kappa shape index (κ3) is 3.94. The molecule has 0 bridgehead atoms. The van der Waals surface area contributed by atoms with Gasteiger partial charge in [0.1, 0.15) is 17.4 Å². The van der Waals surface area contributed by atoms with Crippen molar-refractivity contribution in [2.75, 3.05) is 5.32 Å². The highest BCUT2D eigenvalue weighted by Crippen LogP contribution is 2.46. The zero-order valence-corrected chi connectivity index (χ0v) is 18.9. The summed E-state index contributed by atoms with van der Waals surface area (Å²) < 4.78 is 20.6. The first-order valence-corrected chi connectivity index (χ1v) is 11.2. The number of allylic oxidation sites excluding steroid dienone is 3. The number of carbonyl (C=O) groups is 2. The van der Waals surface area contributed by atoms with Crippen molar-refractivity contribution < 1.29 is 18.4 Å². The van der Waals surface area contributed by atoms with Gasteiger partial charge in [-0.3, -0.25) is 9.59 Å². The number of dihydropyridines is 1. The number of hydrogen-bond acceptors (Lipinski definition) is 5. The first kappa shape index (κ1) is 21.8. The van der Waals surface area contributed by atoms with Crippen molar-refractivity contribution in [3.8, 4) is 0 Å². The number of aryl methyl sites for hydroxylation is 1. The van der Waals surface area contributed by atoms with E-state index in [-0.39, 0.29) is 18.1 Å². The van der Waals surface area contributed by atoms with Crippen LogP contribution in [0.15, 0.2) is 87.8 Å². The van der Waals surface area contributed by atoms with E-state index in [9.17, 15) is 9.59 Å². The SMILES string of the molecule is CC1=C(C(=O)Nc2cccc(C)n2)[C@@H](c2ccccc2F)C2=C(C[C@@H](c3ccco3)CC2=O)N1. The minimum Gasteiger partial charge on any atom is -0.469 e. The Morgan fingerprint density at radius 2 is 1.91 bits per heavy atom. The number of rotatable bonds is 4. The van der Waals surface area contributed by atoms with Crippen LogP contribution < -0.4 is 10.6 Å². The maximum absolute atomic E-state index is 15.1. The highest BCUT2D eigenvalue weighted by atomic mass is 19.1. The molecular formula is C27H24FN3O3. The number of nitrogens with one attached hydrogen (secondary N) is 2. The number of ketones is 1. The van der Waals surface area contributed by atoms with E-state index in [4.69, 9.17) is 4.42 Å². The second-order valence-electron chi connectivity index (χ2n) is 8.67. The number of hydrogen-bond donors (Lipinski definition) is 2. The molecule has 0 fully saturated rings. The molecular weight excluding hydrogens is 433 g/mol. The predicted molar refractivity (Wildman–Crippen MR) is 125 cm³/mol. The van der Waals surface area contributed by atoms with Crippen LogP contribution in [0, 0.1) is 12.7 Å². The molecule has 2 aliphatic rings. The lowest BCUT2D eigenvalue weighted by Crippen LogP contribution is -2.37. The Balaban J connectivity index is 1.58. The van der Waals surface area contributed by atoms with Gasteiger partial charge in [-0.1, -0.05) is 24.3 Å². The molecule has 2 aromatic heterocycles. The molecule has 0 radical (unpaired) electrons. The van der Waals surface area contributed by atoms with Crippen LogP contribution in [-0.2, 0) is 9.59 Å². The average Bonchev–Trinajstić information content (AvgIpc) is 3.33. The molecule has 0 unspecified atom stereocenters. The van der Waals surface area contributed by atoms with Gasteiger partial charge in [0, 0.05) is 52.1 Å². The number of amides is 1. The summed E-state index contributed by atoms with van der Waals surface area (Å²) in [5, 5.41) is 6.11. The van der Waals surface area contributed by atoms with Gasteiger partial charge in [0.05, 0.1) is 6.26 Å². The summed E-state index contributed by atoms with van der Waals surface area (Å²) in [7, 11) is 0. The molecule has 0 saturated heterocycles. The molecule has 172 valence electrons. The molecule has 1 aromatic carbocycles. The van der Waals surface area contributed by atoms with Crippen molar-refractivity contribution in [2.45, 2.75) is 38.5 Å². The summed E-state index contributed by atoms with van der Waals surface area (Å²) in [6.07, 6.45) is 2.35. The predicted octanol–water partition coefficient (Wildman–Crippen LogP) is 5.12. The van der Waals surface area contributed by atoms with Gasteiger partial charge in [-0.05, 0) is 50.6 Å². The standard InChI is InChI=1S/C27H24FN3O3/c1-15-7-5-11-23(29-15)31-27(33)24-16(2)30-20-13-17(22-10-6-12-34-22)14-21(32)26(20)25(24)18-8-3-4-9-19(18)28/h3-12,17,25,30H,13-14H2,1-2H3,(H,29,31,33)/t17-,25-/m1/s1. The van der Waals surface area contributed by atoms with Gasteiger partial charge >= 0.3 is 0 Å². The molecule has 0 spiro atoms. The number of furan rings is 1. The molecule has 3 aromatic rings. The molecule has 5 rings (SSSR count). The number of anilines is 1. The first-order chi connectivity index (χ1) is 16.4. The van der Waals surface area contributed by atoms with E-state index >= 15 is 4.39 Å². The van der Waals surface area contributed by atoms with Crippen LogP contribution in [0.3, 0.4) is 0 Å². The van der Waals surface area contributed by atoms with Crippen molar-refractivity contribution in [3.63, 3.8) is 0 Å². The van der Waals surface area contributed by atoms with Gasteiger partial charge in [-0.2, -0.15) is 0 Å². The quantitative estimate of drug-likeness (QED) is 0.568. The molecule has 6 nitrogen and oxygen atoms in total. The second-order valence-corrected chi connectivity index (χ2v) is 8.67. The number of pyridine rings is 1. The molecule has 2 atom stereocenters. The smallest absolute Gasteiger partial charge is 0.255 e. The minimum absolute atomic E-state index is 0.116. The molecule has 1 aliphatic carbocycles. The highest BCUT2D eigenvalue weighted by molar-refractivity contribution is 6.09. The van der Waals surface area contributed by atoms with E-state index in [1.165, 1.54) is 6.07 Å². The largest absolute Gasteiger partial charge is 0.469 e. The monoisotopic (exact) mass is 457 g/mol. The summed E-state index contributed by atoms with van der Waals surface area (Å²) in [5.74, 6) is -0.834. The van der Waals surface area contributed by atoms with Gasteiger partial charge < -0.3 is 15.1 Å². The number of Topliss-reactive ketones (excluding diaryl/α,β-unsaturated/α-hetero) is 1. The Morgan fingerprint density at radius 3 is 2.65 bits per heavy atom. The van der Waals surface area contributed by atoms with Gasteiger partial charge in [0.2, 0.25) is 0 Å². The topological polar surface area (TPSA) is 84.2 Å². The fourth-order valence-corrected chi connectivity index (χ4v) is 4.88. The van der Waals surface area contributed by atoms with E-state index in [1.807, 2.05) is 19.1 Å². The maximum atomic E-state index is 15.1. The van der Waals surface area contributed by atoms with E-state index in [2.05, 4.69) is 15.6 Å². The van der Waals surface area contributed by atoms with Gasteiger partial charge in [-0.25, -0.2) is 9.37 Å². The summed E-state index contributed by atoms with van der Waals surface area (Å²) in [5.41, 5.74) is 3.06. The fraction of sp³-hybridized carbons (Fsp3) is 0.222. The number of aromatic nitrogens is 1. The number of carbonyl (C=O) groups excluding carboxylic acids is 2. The lowest BCUT2D eigenvalue weighted by Gasteiger charge is -2.36. The van der Waals surface area contributed by atoms with E-state index < -0.39 is 17.6 Å². The normalized spacial score (nSPS) is 20.1. The Hall–Kier alpha value is -4.00. The molecule has 2 N–H and O–H groups in total. The fourth-order valence-electron chi connectivity index (χ4n) is 4.88. The van der Waals surface area contributed by atoms with Crippen LogP contribution in [0.25, 0.3) is 0 Å². The van der Waals surface area contributed by atoms with Crippen molar-refractivity contribution in [3.05, 3.63) is 106 Å². The molecule has 1 aliphatic heterocycles. The average molecular weight is 458 g/mol. The Kier molecular flexibility index (Phi) is 5.61. The molecule has 7 heteroatoms. The van der Waals surface area contributed by atoms with Crippen LogP contribution in [0.4, 0.5) is 10.2 Å². The minimum atomic E-state index is -0.827. The number of nitrogens with zero attached hydrogens (tertiary/aromatic N) is 1. The summed E-state index contributed by atoms with van der Waals surface area (Å²) in [4.78, 5) is 31.3. The lowest BCUT2D eigenvalue weighted by molar-refractivity contribution is -0.116. The Morgan fingerprint density at radius 1 is 1.09 bits per heavy atom. The van der Waals surface area contributed by atoms with Crippen LogP contribution in [0.1, 0.15) is 48.6 Å². The van der Waals surface area contributed by atoms with Gasteiger partial charge in [0.15, 0.2) is 5.78 Å². The van der Waals surface area contributed by atoms with Crippen LogP contribution in [0.5, 0.6) is 0 Å². The summed E-state index contributed by atoms with van der Waals surface area (Å²) in [6, 6.07) is 15.3. The van der Waals surface area contributed by atoms with Crippen LogP contribution in [0.2, 0.25) is 0 Å². The van der Waals surface area contributed by atoms with Crippen molar-refractivity contribution in [1.29, 1.82) is 0 Å². The van der Waals surface area contributed by atoms with Gasteiger partial charge in [0.25, 0.3) is 5.91 Å². The Bertz CT molecular complexity index is 1340. The van der Waals surface area contributed by atoms with Crippen molar-refractivity contribution in [2.24, 2.45) is 0 Å². The van der Waals surface area contributed by atoms with Crippen LogP contribution in [-0.4, -0.2) is 16.7 Å². The summed E-state index contributed by atoms with van der Waals surface area (Å²) >= 11 is 0. The van der Waals surface area contributed by atoms with E-state index in [1.54, 1.807) is 49.6 Å². The zero-order valence-electron chi connectivity index (χ0n) is 18.9. The molecule has 34 heavy (non-hydrogen) atoms. The Labute approximate surface area is 196 Å². The van der Waals surface area contributed by atoms with E-state index in [0.717, 1.165) is 11.5 Å². The van der Waals surface area contributed by atoms with Crippen LogP contribution >= 0.6 is 0 Å². The van der Waals surface area contributed by atoms with Crippen molar-refractivity contribution in [1.82, 2.24) is 10.3 Å². The van der Waals surface area contributed by atoms with E-state index in [0.29, 0.717) is 40.3 Å². The van der Waals surface area contributed by atoms with Crippen molar-refractivity contribution >= 4 is 17.5 Å². The molecule has 1 amide bonds. The second kappa shape index (κ2) is 8.74.